The van der Waals surface area contributed by atoms with E-state index < -0.39 is 0 Å². The number of nitrogens with zero attached hydrogens (tertiary/aromatic N) is 2. The minimum atomic E-state index is -0.200. The van der Waals surface area contributed by atoms with Gasteiger partial charge in [-0.25, -0.2) is 4.79 Å². The number of carbonyl (C=O) groups excluding carboxylic acids is 2. The minimum Gasteiger partial charge on any atom is -0.385 e. The second-order valence-corrected chi connectivity index (χ2v) is 10.5. The van der Waals surface area contributed by atoms with E-state index in [0.717, 1.165) is 38.0 Å². The predicted octanol–water partition coefficient (Wildman–Crippen LogP) is 3.65. The topological polar surface area (TPSA) is 87.6 Å². The maximum atomic E-state index is 13.8. The molecule has 2 aromatic carbocycles. The lowest BCUT2D eigenvalue weighted by molar-refractivity contribution is -0.137. The van der Waals surface area contributed by atoms with E-state index in [0.29, 0.717) is 38.6 Å². The fourth-order valence-corrected chi connectivity index (χ4v) is 5.46. The third-order valence-electron chi connectivity index (χ3n) is 7.56. The van der Waals surface area contributed by atoms with Gasteiger partial charge in [0.1, 0.15) is 0 Å². The van der Waals surface area contributed by atoms with Crippen LogP contribution in [0.15, 0.2) is 60.8 Å². The molecule has 1 saturated carbocycles. The van der Waals surface area contributed by atoms with Crippen molar-refractivity contribution < 1.29 is 14.3 Å². The Labute approximate surface area is 224 Å². The van der Waals surface area contributed by atoms with E-state index in [1.165, 1.54) is 16.5 Å². The number of para-hydroxylation sites is 1. The van der Waals surface area contributed by atoms with Crippen LogP contribution in [0.1, 0.15) is 36.8 Å². The van der Waals surface area contributed by atoms with E-state index >= 15 is 0 Å². The molecule has 202 valence electrons. The van der Waals surface area contributed by atoms with Crippen LogP contribution >= 0.6 is 0 Å². The van der Waals surface area contributed by atoms with E-state index in [4.69, 9.17) is 4.74 Å². The molecule has 8 nitrogen and oxygen atoms in total. The zero-order chi connectivity index (χ0) is 26.3. The first-order chi connectivity index (χ1) is 18.6. The van der Waals surface area contributed by atoms with Crippen molar-refractivity contribution in [3.63, 3.8) is 0 Å². The van der Waals surface area contributed by atoms with Crippen molar-refractivity contribution in [2.24, 2.45) is 5.92 Å². The Morgan fingerprint density at radius 2 is 1.87 bits per heavy atom. The van der Waals surface area contributed by atoms with Crippen LogP contribution in [0.3, 0.4) is 0 Å². The number of ether oxygens (including phenoxy) is 1. The lowest BCUT2D eigenvalue weighted by atomic mass is 9.94. The third kappa shape index (κ3) is 6.55. The van der Waals surface area contributed by atoms with Gasteiger partial charge in [-0.05, 0) is 42.9 Å². The highest BCUT2D eigenvalue weighted by Gasteiger charge is 2.38. The molecule has 5 rings (SSSR count). The highest BCUT2D eigenvalue weighted by molar-refractivity contribution is 5.85. The number of hydrogen-bond acceptors (Lipinski definition) is 4. The number of urea groups is 1. The summed E-state index contributed by atoms with van der Waals surface area (Å²) in [6.07, 6.45) is 5.92. The van der Waals surface area contributed by atoms with Gasteiger partial charge in [0.2, 0.25) is 5.91 Å². The monoisotopic (exact) mass is 517 g/mol. The van der Waals surface area contributed by atoms with Crippen molar-refractivity contribution in [2.75, 3.05) is 26.8 Å². The summed E-state index contributed by atoms with van der Waals surface area (Å²) in [5, 5.41) is 10.6. The zero-order valence-corrected chi connectivity index (χ0v) is 22.2. The van der Waals surface area contributed by atoms with Crippen molar-refractivity contribution >= 4 is 22.8 Å². The lowest BCUT2D eigenvalue weighted by Gasteiger charge is -2.33. The summed E-state index contributed by atoms with van der Waals surface area (Å²) in [7, 11) is 1.73. The normalized spacial score (nSPS) is 19.3. The van der Waals surface area contributed by atoms with Gasteiger partial charge in [0.15, 0.2) is 0 Å². The molecule has 3 aromatic rings. The first-order valence-corrected chi connectivity index (χ1v) is 13.8. The molecule has 0 unspecified atom stereocenters. The van der Waals surface area contributed by atoms with Crippen molar-refractivity contribution in [3.8, 4) is 0 Å². The van der Waals surface area contributed by atoms with Gasteiger partial charge in [-0.15, -0.1) is 0 Å². The van der Waals surface area contributed by atoms with Gasteiger partial charge in [0.05, 0.1) is 5.92 Å². The van der Waals surface area contributed by atoms with Crippen LogP contribution < -0.4 is 16.0 Å². The Bertz CT molecular complexity index is 1220. The average molecular weight is 518 g/mol. The Morgan fingerprint density at radius 1 is 1.08 bits per heavy atom. The summed E-state index contributed by atoms with van der Waals surface area (Å²) in [4.78, 5) is 28.4. The van der Waals surface area contributed by atoms with Crippen molar-refractivity contribution in [1.29, 1.82) is 0 Å². The number of methoxy groups -OCH3 is 1. The highest BCUT2D eigenvalue weighted by atomic mass is 16.5. The average Bonchev–Trinajstić information content (AvgIpc) is 3.73. The van der Waals surface area contributed by atoms with Gasteiger partial charge in [0.25, 0.3) is 0 Å². The quantitative estimate of drug-likeness (QED) is 0.339. The van der Waals surface area contributed by atoms with Gasteiger partial charge in [-0.3, -0.25) is 4.79 Å². The molecule has 0 spiro atoms. The highest BCUT2D eigenvalue weighted by Crippen LogP contribution is 2.33. The van der Waals surface area contributed by atoms with Crippen LogP contribution in [-0.2, 0) is 29.2 Å². The minimum absolute atomic E-state index is 0.0859. The predicted molar refractivity (Wildman–Crippen MR) is 149 cm³/mol. The summed E-state index contributed by atoms with van der Waals surface area (Å²) >= 11 is 0. The maximum Gasteiger partial charge on any atom is 0.315 e. The molecule has 2 heterocycles. The summed E-state index contributed by atoms with van der Waals surface area (Å²) in [5.41, 5.74) is 3.45. The van der Waals surface area contributed by atoms with Crippen molar-refractivity contribution in [1.82, 2.24) is 25.4 Å². The number of aryl methyl sites for hydroxylation is 1. The lowest BCUT2D eigenvalue weighted by Crippen LogP contribution is -2.54. The summed E-state index contributed by atoms with van der Waals surface area (Å²) in [6, 6.07) is 18.3. The molecule has 1 aliphatic heterocycles. The molecule has 38 heavy (non-hydrogen) atoms. The first kappa shape index (κ1) is 26.3. The molecule has 2 atom stereocenters. The molecule has 3 amide bonds. The zero-order valence-electron chi connectivity index (χ0n) is 22.2. The maximum absolute atomic E-state index is 13.8. The largest absolute Gasteiger partial charge is 0.385 e. The molecular formula is C30H39N5O3. The standard InChI is InChI=1S/C30H39N5O3/c1-38-15-7-14-34-20-24(27-10-5-6-11-28(27)34)21-35(26-12-13-26)29(36)23-16-25(19-31-18-23)33-30(37)32-17-22-8-3-2-4-9-22/h2-6,8-11,20,23,25-26,31H,7,12-19,21H2,1H3,(H2,32,33,37)/t23-,25+/m0/s1. The smallest absolute Gasteiger partial charge is 0.315 e. The molecule has 0 bridgehead atoms. The van der Waals surface area contributed by atoms with Gasteiger partial charge >= 0.3 is 6.03 Å². The number of amides is 3. The van der Waals surface area contributed by atoms with E-state index in [1.807, 2.05) is 30.3 Å². The molecule has 1 aromatic heterocycles. The van der Waals surface area contributed by atoms with E-state index in [1.54, 1.807) is 7.11 Å². The number of fused-ring (bicyclic) bond motifs is 1. The van der Waals surface area contributed by atoms with Crippen LogP contribution in [0.5, 0.6) is 0 Å². The first-order valence-electron chi connectivity index (χ1n) is 13.8. The molecular weight excluding hydrogens is 478 g/mol. The Hall–Kier alpha value is -3.36. The molecule has 0 radical (unpaired) electrons. The Morgan fingerprint density at radius 3 is 2.66 bits per heavy atom. The number of aromatic nitrogens is 1. The molecule has 2 aliphatic rings. The Kier molecular flexibility index (Phi) is 8.61. The van der Waals surface area contributed by atoms with Gasteiger partial charge in [-0.1, -0.05) is 48.5 Å². The van der Waals surface area contributed by atoms with Crippen molar-refractivity contribution in [2.45, 2.75) is 57.4 Å². The number of piperidine rings is 1. The number of benzene rings is 2. The SMILES string of the molecule is COCCCn1cc(CN(C(=O)[C@@H]2CNC[C@H](NC(=O)NCc3ccccc3)C2)C2CC2)c2ccccc21. The van der Waals surface area contributed by atoms with E-state index in [-0.39, 0.29) is 23.9 Å². The van der Waals surface area contributed by atoms with Crippen LogP contribution in [0.4, 0.5) is 4.79 Å². The number of carbonyl (C=O) groups is 2. The fraction of sp³-hybridized carbons (Fsp3) is 0.467. The number of rotatable bonds is 11. The van der Waals surface area contributed by atoms with Gasteiger partial charge < -0.3 is 30.2 Å². The van der Waals surface area contributed by atoms with E-state index in [2.05, 4.69) is 55.9 Å². The van der Waals surface area contributed by atoms with Crippen LogP contribution in [0.2, 0.25) is 0 Å². The van der Waals surface area contributed by atoms with Crippen LogP contribution in [0, 0.1) is 5.92 Å². The van der Waals surface area contributed by atoms with Crippen molar-refractivity contribution in [3.05, 3.63) is 71.9 Å². The summed E-state index contributed by atoms with van der Waals surface area (Å²) in [6.45, 7) is 4.02. The molecule has 1 saturated heterocycles. The van der Waals surface area contributed by atoms with Gasteiger partial charge in [0, 0.05) is 75.6 Å². The molecule has 1 aliphatic carbocycles. The second kappa shape index (κ2) is 12.5. The molecule has 2 fully saturated rings. The number of nitrogens with one attached hydrogen (secondary N) is 3. The van der Waals surface area contributed by atoms with Gasteiger partial charge in [-0.2, -0.15) is 0 Å². The Balaban J connectivity index is 1.22. The molecule has 8 heteroatoms. The summed E-state index contributed by atoms with van der Waals surface area (Å²) < 4.78 is 7.54. The van der Waals surface area contributed by atoms with Crippen LogP contribution in [-0.4, -0.2) is 60.3 Å². The third-order valence-corrected chi connectivity index (χ3v) is 7.56. The second-order valence-electron chi connectivity index (χ2n) is 10.5. The van der Waals surface area contributed by atoms with Crippen LogP contribution in [0.25, 0.3) is 10.9 Å². The summed E-state index contributed by atoms with van der Waals surface area (Å²) in [5.74, 6) is 0.0336. The molecule has 3 N–H and O–H groups in total. The fourth-order valence-electron chi connectivity index (χ4n) is 5.46. The van der Waals surface area contributed by atoms with E-state index in [9.17, 15) is 9.59 Å². The number of hydrogen-bond donors (Lipinski definition) is 3.